The molecule has 1 amide bonds. The minimum absolute atomic E-state index is 0.0631. The minimum Gasteiger partial charge on any atom is -0.367 e. The van der Waals surface area contributed by atoms with E-state index < -0.39 is 0 Å². The smallest absolute Gasteiger partial charge is 0.251 e. The molecule has 0 spiro atoms. The first-order valence-corrected chi connectivity index (χ1v) is 7.15. The Kier molecular flexibility index (Phi) is 5.12. The molecule has 0 saturated heterocycles. The molecule has 1 aromatic carbocycles. The number of aryl methyl sites for hydroxylation is 1. The van der Waals surface area contributed by atoms with E-state index in [4.69, 9.17) is 0 Å². The first kappa shape index (κ1) is 14.5. The molecule has 0 fully saturated rings. The topological polar surface area (TPSA) is 54.0 Å². The number of rotatable bonds is 5. The maximum atomic E-state index is 11.9. The lowest BCUT2D eigenvalue weighted by Crippen LogP contribution is -2.28. The van der Waals surface area contributed by atoms with Crippen LogP contribution in [0.2, 0.25) is 0 Å². The molecule has 104 valence electrons. The van der Waals surface area contributed by atoms with Crippen molar-refractivity contribution in [3.8, 4) is 0 Å². The van der Waals surface area contributed by atoms with Gasteiger partial charge in [0.25, 0.3) is 5.91 Å². The summed E-state index contributed by atoms with van der Waals surface area (Å²) in [7, 11) is 0. The van der Waals surface area contributed by atoms with Crippen LogP contribution in [0.1, 0.15) is 15.9 Å². The van der Waals surface area contributed by atoms with Gasteiger partial charge in [-0.15, -0.1) is 0 Å². The first-order chi connectivity index (χ1) is 9.66. The van der Waals surface area contributed by atoms with Crippen LogP contribution in [0.3, 0.4) is 0 Å². The van der Waals surface area contributed by atoms with Crippen molar-refractivity contribution in [1.82, 2.24) is 10.3 Å². The monoisotopic (exact) mass is 333 g/mol. The van der Waals surface area contributed by atoms with Gasteiger partial charge in [0.15, 0.2) is 0 Å². The quantitative estimate of drug-likeness (QED) is 0.827. The lowest BCUT2D eigenvalue weighted by molar-refractivity contribution is 0.0955. The molecule has 2 N–H and O–H groups in total. The molecule has 0 bridgehead atoms. The van der Waals surface area contributed by atoms with Crippen LogP contribution >= 0.6 is 15.9 Å². The van der Waals surface area contributed by atoms with Crippen LogP contribution in [0.5, 0.6) is 0 Å². The molecule has 1 aromatic heterocycles. The lowest BCUT2D eigenvalue weighted by Gasteiger charge is -2.08. The van der Waals surface area contributed by atoms with Crippen LogP contribution in [0.15, 0.2) is 47.1 Å². The molecule has 0 unspecified atom stereocenters. The maximum Gasteiger partial charge on any atom is 0.251 e. The van der Waals surface area contributed by atoms with E-state index in [2.05, 4.69) is 31.5 Å². The second-order valence-corrected chi connectivity index (χ2v) is 5.24. The summed E-state index contributed by atoms with van der Waals surface area (Å²) in [5.41, 5.74) is 1.82. The van der Waals surface area contributed by atoms with E-state index >= 15 is 0 Å². The molecule has 5 heteroatoms. The number of nitrogens with one attached hydrogen (secondary N) is 2. The Balaban J connectivity index is 1.77. The van der Waals surface area contributed by atoms with Crippen LogP contribution < -0.4 is 10.6 Å². The number of amides is 1. The van der Waals surface area contributed by atoms with Gasteiger partial charge in [-0.3, -0.25) is 4.79 Å². The van der Waals surface area contributed by atoms with E-state index in [0.717, 1.165) is 15.9 Å². The zero-order valence-electron chi connectivity index (χ0n) is 11.2. The fourth-order valence-corrected chi connectivity index (χ4v) is 2.07. The Morgan fingerprint density at radius 2 is 1.95 bits per heavy atom. The molecule has 0 saturated carbocycles. The highest BCUT2D eigenvalue weighted by molar-refractivity contribution is 9.10. The van der Waals surface area contributed by atoms with Gasteiger partial charge >= 0.3 is 0 Å². The summed E-state index contributed by atoms with van der Waals surface area (Å²) in [5.74, 6) is 0.712. The molecule has 0 atom stereocenters. The van der Waals surface area contributed by atoms with Gasteiger partial charge in [-0.1, -0.05) is 17.7 Å². The highest BCUT2D eigenvalue weighted by Crippen LogP contribution is 2.17. The largest absolute Gasteiger partial charge is 0.367 e. The zero-order valence-corrected chi connectivity index (χ0v) is 12.8. The van der Waals surface area contributed by atoms with Crippen molar-refractivity contribution in [2.45, 2.75) is 6.92 Å². The van der Waals surface area contributed by atoms with Crippen molar-refractivity contribution in [2.75, 3.05) is 18.4 Å². The van der Waals surface area contributed by atoms with E-state index in [0.29, 0.717) is 18.7 Å². The van der Waals surface area contributed by atoms with E-state index in [1.165, 1.54) is 0 Å². The third-order valence-electron chi connectivity index (χ3n) is 2.78. The summed E-state index contributed by atoms with van der Waals surface area (Å²) >= 11 is 3.41. The van der Waals surface area contributed by atoms with Crippen molar-refractivity contribution in [3.05, 3.63) is 58.2 Å². The Morgan fingerprint density at radius 1 is 1.20 bits per heavy atom. The number of aromatic nitrogens is 1. The molecule has 20 heavy (non-hydrogen) atoms. The van der Waals surface area contributed by atoms with Crippen LogP contribution in [0.4, 0.5) is 5.82 Å². The molecule has 0 radical (unpaired) electrons. The molecule has 2 aromatic rings. The average Bonchev–Trinajstić information content (AvgIpc) is 2.46. The second-order valence-electron chi connectivity index (χ2n) is 4.38. The summed E-state index contributed by atoms with van der Waals surface area (Å²) in [5, 5.41) is 6.02. The summed E-state index contributed by atoms with van der Waals surface area (Å²) in [6.07, 6.45) is 1.72. The van der Waals surface area contributed by atoms with Gasteiger partial charge < -0.3 is 10.6 Å². The Bertz CT molecular complexity index is 584. The highest BCUT2D eigenvalue weighted by atomic mass is 79.9. The van der Waals surface area contributed by atoms with Gasteiger partial charge in [0.2, 0.25) is 0 Å². The van der Waals surface area contributed by atoms with Crippen LogP contribution in [-0.4, -0.2) is 24.0 Å². The number of nitrogens with zero attached hydrogens (tertiary/aromatic N) is 1. The molecule has 0 aliphatic carbocycles. The van der Waals surface area contributed by atoms with E-state index in [-0.39, 0.29) is 5.91 Å². The number of carbonyl (C=O) groups excluding carboxylic acids is 1. The molecule has 2 rings (SSSR count). The normalized spacial score (nSPS) is 10.1. The summed E-state index contributed by atoms with van der Waals surface area (Å²) < 4.78 is 0.907. The van der Waals surface area contributed by atoms with E-state index in [1.807, 2.05) is 43.3 Å². The number of anilines is 1. The molecule has 0 aliphatic heterocycles. The first-order valence-electron chi connectivity index (χ1n) is 6.36. The van der Waals surface area contributed by atoms with Gasteiger partial charge in [0, 0.05) is 24.8 Å². The molecule has 1 heterocycles. The summed E-state index contributed by atoms with van der Waals surface area (Å²) in [6.45, 7) is 3.15. The lowest BCUT2D eigenvalue weighted by atomic mass is 10.1. The minimum atomic E-state index is -0.0631. The van der Waals surface area contributed by atoms with Gasteiger partial charge in [-0.05, 0) is 47.1 Å². The van der Waals surface area contributed by atoms with Gasteiger partial charge in [0.05, 0.1) is 4.47 Å². The third-order valence-corrected chi connectivity index (χ3v) is 3.42. The fraction of sp³-hybridized carbons (Fsp3) is 0.200. The predicted octanol–water partition coefficient (Wildman–Crippen LogP) is 2.99. The maximum absolute atomic E-state index is 11.9. The van der Waals surface area contributed by atoms with Crippen molar-refractivity contribution in [3.63, 3.8) is 0 Å². The predicted molar refractivity (Wildman–Crippen MR) is 83.9 cm³/mol. The zero-order chi connectivity index (χ0) is 14.4. The fourth-order valence-electron chi connectivity index (χ4n) is 1.68. The van der Waals surface area contributed by atoms with Gasteiger partial charge in [0.1, 0.15) is 5.82 Å². The molecule has 4 nitrogen and oxygen atoms in total. The van der Waals surface area contributed by atoms with E-state index in [1.54, 1.807) is 6.20 Å². The highest BCUT2D eigenvalue weighted by Gasteiger charge is 2.04. The van der Waals surface area contributed by atoms with Crippen molar-refractivity contribution in [2.24, 2.45) is 0 Å². The Labute approximate surface area is 126 Å². The Morgan fingerprint density at radius 3 is 2.65 bits per heavy atom. The van der Waals surface area contributed by atoms with Gasteiger partial charge in [-0.25, -0.2) is 4.98 Å². The van der Waals surface area contributed by atoms with Crippen molar-refractivity contribution >= 4 is 27.7 Å². The standard InChI is InChI=1S/C15H16BrN3O/c1-11-4-6-12(7-5-11)15(20)19-10-9-18-14-13(16)3-2-8-17-14/h2-8H,9-10H2,1H3,(H,17,18)(H,19,20). The van der Waals surface area contributed by atoms with Crippen LogP contribution in [-0.2, 0) is 0 Å². The van der Waals surface area contributed by atoms with Crippen LogP contribution in [0, 0.1) is 6.92 Å². The number of hydrogen-bond donors (Lipinski definition) is 2. The number of pyridine rings is 1. The number of halogens is 1. The van der Waals surface area contributed by atoms with Gasteiger partial charge in [-0.2, -0.15) is 0 Å². The number of benzene rings is 1. The molecular formula is C15H16BrN3O. The number of hydrogen-bond acceptors (Lipinski definition) is 3. The van der Waals surface area contributed by atoms with Crippen LogP contribution in [0.25, 0.3) is 0 Å². The number of carbonyl (C=O) groups is 1. The molecular weight excluding hydrogens is 318 g/mol. The Hall–Kier alpha value is -1.88. The van der Waals surface area contributed by atoms with E-state index in [9.17, 15) is 4.79 Å². The third kappa shape index (κ3) is 4.06. The average molecular weight is 334 g/mol. The molecule has 0 aliphatic rings. The SMILES string of the molecule is Cc1ccc(C(=O)NCCNc2ncccc2Br)cc1. The summed E-state index contributed by atoms with van der Waals surface area (Å²) in [6, 6.07) is 11.3. The van der Waals surface area contributed by atoms with Crippen molar-refractivity contribution in [1.29, 1.82) is 0 Å². The van der Waals surface area contributed by atoms with Crippen molar-refractivity contribution < 1.29 is 4.79 Å². The summed E-state index contributed by atoms with van der Waals surface area (Å²) in [4.78, 5) is 16.1. The second kappa shape index (κ2) is 7.05.